The topological polar surface area (TPSA) is 38.3 Å². The summed E-state index contributed by atoms with van der Waals surface area (Å²) in [6.45, 7) is 5.32. The van der Waals surface area contributed by atoms with Gasteiger partial charge in [-0.1, -0.05) is 33.1 Å². The summed E-state index contributed by atoms with van der Waals surface area (Å²) >= 11 is 0. The van der Waals surface area contributed by atoms with E-state index in [-0.39, 0.29) is 12.5 Å². The Morgan fingerprint density at radius 3 is 2.64 bits per heavy atom. The Morgan fingerprint density at radius 2 is 2.14 bits per heavy atom. The minimum atomic E-state index is -0.0116. The van der Waals surface area contributed by atoms with Crippen molar-refractivity contribution in [2.24, 2.45) is 5.92 Å². The van der Waals surface area contributed by atoms with Crippen molar-refractivity contribution in [2.75, 3.05) is 20.3 Å². The van der Waals surface area contributed by atoms with E-state index in [2.05, 4.69) is 19.2 Å². The lowest BCUT2D eigenvalue weighted by Gasteiger charge is -2.14. The molecule has 0 radical (unpaired) electrons. The van der Waals surface area contributed by atoms with Gasteiger partial charge < -0.3 is 10.1 Å². The van der Waals surface area contributed by atoms with E-state index < -0.39 is 0 Å². The Labute approximate surface area is 87.2 Å². The van der Waals surface area contributed by atoms with Crippen molar-refractivity contribution in [1.29, 1.82) is 0 Å². The maximum Gasteiger partial charge on any atom is 0.245 e. The number of carbonyl (C=O) groups is 1. The van der Waals surface area contributed by atoms with E-state index in [0.717, 1.165) is 13.0 Å². The molecule has 0 rings (SSSR count). The Kier molecular flexibility index (Phi) is 8.64. The second kappa shape index (κ2) is 9.00. The van der Waals surface area contributed by atoms with Crippen LogP contribution in [0.5, 0.6) is 0 Å². The van der Waals surface area contributed by atoms with Gasteiger partial charge in [0, 0.05) is 13.7 Å². The molecule has 0 aliphatic heterocycles. The summed E-state index contributed by atoms with van der Waals surface area (Å²) in [7, 11) is 1.54. The summed E-state index contributed by atoms with van der Waals surface area (Å²) in [5, 5.41) is 2.88. The van der Waals surface area contributed by atoms with Gasteiger partial charge in [0.15, 0.2) is 0 Å². The number of hydrogen-bond acceptors (Lipinski definition) is 2. The lowest BCUT2D eigenvalue weighted by Crippen LogP contribution is -2.31. The Balaban J connectivity index is 3.55. The molecule has 1 N–H and O–H groups in total. The van der Waals surface area contributed by atoms with E-state index in [4.69, 9.17) is 4.74 Å². The Hall–Kier alpha value is -0.570. The summed E-state index contributed by atoms with van der Waals surface area (Å²) < 4.78 is 4.74. The molecule has 0 aliphatic rings. The van der Waals surface area contributed by atoms with Crippen LogP contribution in [0.4, 0.5) is 0 Å². The van der Waals surface area contributed by atoms with Crippen LogP contribution in [0, 0.1) is 5.92 Å². The molecule has 0 unspecified atom stereocenters. The number of rotatable bonds is 8. The van der Waals surface area contributed by atoms with Crippen molar-refractivity contribution in [3.8, 4) is 0 Å². The molecule has 84 valence electrons. The standard InChI is InChI=1S/C11H23NO2/c1-4-6-7-10(5-2)8-12-11(13)9-14-3/h10H,4-9H2,1-3H3,(H,12,13)/t10-/m0/s1. The van der Waals surface area contributed by atoms with Crippen LogP contribution in [-0.2, 0) is 9.53 Å². The number of nitrogens with one attached hydrogen (secondary N) is 1. The van der Waals surface area contributed by atoms with Gasteiger partial charge in [-0.25, -0.2) is 0 Å². The summed E-state index contributed by atoms with van der Waals surface area (Å²) in [4.78, 5) is 11.1. The van der Waals surface area contributed by atoms with Gasteiger partial charge in [-0.05, 0) is 12.3 Å². The first-order chi connectivity index (χ1) is 6.74. The van der Waals surface area contributed by atoms with Crippen molar-refractivity contribution < 1.29 is 9.53 Å². The van der Waals surface area contributed by atoms with E-state index >= 15 is 0 Å². The van der Waals surface area contributed by atoms with Crippen LogP contribution < -0.4 is 5.32 Å². The fourth-order valence-electron chi connectivity index (χ4n) is 1.38. The van der Waals surface area contributed by atoms with Crippen LogP contribution in [-0.4, -0.2) is 26.2 Å². The van der Waals surface area contributed by atoms with Crippen molar-refractivity contribution >= 4 is 5.91 Å². The molecule has 0 fully saturated rings. The zero-order chi connectivity index (χ0) is 10.8. The number of hydrogen-bond donors (Lipinski definition) is 1. The van der Waals surface area contributed by atoms with E-state index in [1.807, 2.05) is 0 Å². The molecule has 0 aromatic rings. The molecule has 0 bridgehead atoms. The smallest absolute Gasteiger partial charge is 0.245 e. The number of unbranched alkanes of at least 4 members (excludes halogenated alkanes) is 1. The predicted molar refractivity (Wildman–Crippen MR) is 58.2 cm³/mol. The van der Waals surface area contributed by atoms with E-state index in [1.165, 1.54) is 26.4 Å². The molecule has 0 aromatic heterocycles. The molecule has 0 aliphatic carbocycles. The summed E-state index contributed by atoms with van der Waals surface area (Å²) in [6.07, 6.45) is 4.81. The van der Waals surface area contributed by atoms with E-state index in [0.29, 0.717) is 5.92 Å². The largest absolute Gasteiger partial charge is 0.375 e. The molecule has 3 heteroatoms. The van der Waals surface area contributed by atoms with Gasteiger partial charge in [0.2, 0.25) is 5.91 Å². The second-order valence-corrected chi connectivity index (χ2v) is 3.65. The van der Waals surface area contributed by atoms with Crippen LogP contribution in [0.2, 0.25) is 0 Å². The molecule has 1 amide bonds. The molecule has 0 heterocycles. The zero-order valence-corrected chi connectivity index (χ0v) is 9.64. The van der Waals surface area contributed by atoms with Gasteiger partial charge in [0.05, 0.1) is 0 Å². The number of methoxy groups -OCH3 is 1. The van der Waals surface area contributed by atoms with Gasteiger partial charge in [0.25, 0.3) is 0 Å². The van der Waals surface area contributed by atoms with Gasteiger partial charge in [0.1, 0.15) is 6.61 Å². The average Bonchev–Trinajstić information content (AvgIpc) is 2.19. The first kappa shape index (κ1) is 13.4. The second-order valence-electron chi connectivity index (χ2n) is 3.65. The molecule has 0 saturated heterocycles. The fraction of sp³-hybridized carbons (Fsp3) is 0.909. The SMILES string of the molecule is CCCC[C@H](CC)CNC(=O)COC. The molecular formula is C11H23NO2. The normalized spacial score (nSPS) is 12.5. The van der Waals surface area contributed by atoms with Crippen molar-refractivity contribution in [3.63, 3.8) is 0 Å². The van der Waals surface area contributed by atoms with E-state index in [9.17, 15) is 4.79 Å². The highest BCUT2D eigenvalue weighted by atomic mass is 16.5. The van der Waals surface area contributed by atoms with Gasteiger partial charge in [-0.3, -0.25) is 4.79 Å². The molecule has 1 atom stereocenters. The van der Waals surface area contributed by atoms with Crippen LogP contribution >= 0.6 is 0 Å². The highest BCUT2D eigenvalue weighted by Crippen LogP contribution is 2.10. The molecule has 0 saturated carbocycles. The molecule has 0 aromatic carbocycles. The number of amides is 1. The third kappa shape index (κ3) is 6.89. The predicted octanol–water partition coefficient (Wildman–Crippen LogP) is 1.97. The first-order valence-electron chi connectivity index (χ1n) is 5.50. The maximum absolute atomic E-state index is 11.1. The summed E-state index contributed by atoms with van der Waals surface area (Å²) in [5.41, 5.74) is 0. The summed E-state index contributed by atoms with van der Waals surface area (Å²) in [6, 6.07) is 0. The van der Waals surface area contributed by atoms with Crippen LogP contribution in [0.1, 0.15) is 39.5 Å². The average molecular weight is 201 g/mol. The zero-order valence-electron chi connectivity index (χ0n) is 9.64. The van der Waals surface area contributed by atoms with E-state index in [1.54, 1.807) is 0 Å². The fourth-order valence-corrected chi connectivity index (χ4v) is 1.38. The van der Waals surface area contributed by atoms with Crippen LogP contribution in [0.25, 0.3) is 0 Å². The molecule has 14 heavy (non-hydrogen) atoms. The first-order valence-corrected chi connectivity index (χ1v) is 5.50. The van der Waals surface area contributed by atoms with Crippen molar-refractivity contribution in [3.05, 3.63) is 0 Å². The minimum absolute atomic E-state index is 0.0116. The molecular weight excluding hydrogens is 178 g/mol. The molecule has 0 spiro atoms. The highest BCUT2D eigenvalue weighted by Gasteiger charge is 2.07. The van der Waals surface area contributed by atoms with Gasteiger partial charge in [-0.15, -0.1) is 0 Å². The number of ether oxygens (including phenoxy) is 1. The van der Waals surface area contributed by atoms with Crippen molar-refractivity contribution in [1.82, 2.24) is 5.32 Å². The van der Waals surface area contributed by atoms with Crippen LogP contribution in [0.3, 0.4) is 0 Å². The quantitative estimate of drug-likeness (QED) is 0.652. The monoisotopic (exact) mass is 201 g/mol. The summed E-state index contributed by atoms with van der Waals surface area (Å²) in [5.74, 6) is 0.609. The lowest BCUT2D eigenvalue weighted by molar-refractivity contribution is -0.124. The van der Waals surface area contributed by atoms with Crippen molar-refractivity contribution in [2.45, 2.75) is 39.5 Å². The molecule has 3 nitrogen and oxygen atoms in total. The Morgan fingerprint density at radius 1 is 1.43 bits per heavy atom. The third-order valence-electron chi connectivity index (χ3n) is 2.41. The highest BCUT2D eigenvalue weighted by molar-refractivity contribution is 5.77. The number of carbonyl (C=O) groups excluding carboxylic acids is 1. The lowest BCUT2D eigenvalue weighted by atomic mass is 9.99. The van der Waals surface area contributed by atoms with Gasteiger partial charge in [-0.2, -0.15) is 0 Å². The minimum Gasteiger partial charge on any atom is -0.375 e. The third-order valence-corrected chi connectivity index (χ3v) is 2.41. The van der Waals surface area contributed by atoms with Crippen LogP contribution in [0.15, 0.2) is 0 Å². The van der Waals surface area contributed by atoms with Gasteiger partial charge >= 0.3 is 0 Å². The Bertz CT molecular complexity index is 148. The maximum atomic E-state index is 11.1.